The first-order chi connectivity index (χ1) is 10.1. The monoisotopic (exact) mass is 409 g/mol. The number of rotatable bonds is 3. The fourth-order valence-electron chi connectivity index (χ4n) is 3.67. The Hall–Kier alpha value is -0.530. The van der Waals surface area contributed by atoms with E-state index in [4.69, 9.17) is 9.47 Å². The minimum absolute atomic E-state index is 0.294. The maximum atomic E-state index is 12.2. The van der Waals surface area contributed by atoms with Crippen LogP contribution < -0.4 is 0 Å². The van der Waals surface area contributed by atoms with Gasteiger partial charge in [-0.1, -0.05) is 22.6 Å². The highest BCUT2D eigenvalue weighted by atomic mass is 127. The number of halogens is 1. The van der Waals surface area contributed by atoms with Crippen LogP contribution in [-0.4, -0.2) is 47.7 Å². The number of ether oxygens (including phenoxy) is 2. The van der Waals surface area contributed by atoms with Crippen LogP contribution in [0.1, 0.15) is 32.6 Å². The molecule has 0 N–H and O–H groups in total. The average Bonchev–Trinajstić information content (AvgIpc) is 2.52. The molecular formula is C15H24INO4. The number of methoxy groups -OCH3 is 1. The fraction of sp³-hybridized carbons (Fsp3) is 0.867. The number of piperidine rings is 1. The highest BCUT2D eigenvalue weighted by Gasteiger charge is 2.44. The lowest BCUT2D eigenvalue weighted by Crippen LogP contribution is -2.55. The number of carbonyl (C=O) groups excluding carboxylic acids is 2. The lowest BCUT2D eigenvalue weighted by Gasteiger charge is -2.45. The molecule has 1 saturated heterocycles. The van der Waals surface area contributed by atoms with E-state index in [-0.39, 0.29) is 5.97 Å². The van der Waals surface area contributed by atoms with Gasteiger partial charge in [-0.25, -0.2) is 9.59 Å². The zero-order valence-corrected chi connectivity index (χ0v) is 14.9. The number of likely N-dealkylation sites (tertiary alicyclic amines) is 1. The fourth-order valence-corrected chi connectivity index (χ4v) is 4.47. The van der Waals surface area contributed by atoms with E-state index >= 15 is 0 Å². The molecular weight excluding hydrogens is 385 g/mol. The maximum Gasteiger partial charge on any atom is 0.410 e. The van der Waals surface area contributed by atoms with Gasteiger partial charge in [0, 0.05) is 11.0 Å². The third-order valence-corrected chi connectivity index (χ3v) is 6.01. The van der Waals surface area contributed by atoms with Gasteiger partial charge in [-0.2, -0.15) is 0 Å². The Morgan fingerprint density at radius 2 is 2.00 bits per heavy atom. The molecule has 0 aromatic rings. The number of alkyl halides is 1. The summed E-state index contributed by atoms with van der Waals surface area (Å²) >= 11 is 2.45. The number of esters is 1. The van der Waals surface area contributed by atoms with E-state index in [1.165, 1.54) is 24.4 Å². The second-order valence-corrected chi connectivity index (χ2v) is 6.86. The summed E-state index contributed by atoms with van der Waals surface area (Å²) in [4.78, 5) is 25.7. The van der Waals surface area contributed by atoms with Gasteiger partial charge < -0.3 is 9.47 Å². The number of hydrogen-bond donors (Lipinski definition) is 0. The van der Waals surface area contributed by atoms with Gasteiger partial charge in [0.25, 0.3) is 0 Å². The number of hydrogen-bond acceptors (Lipinski definition) is 4. The van der Waals surface area contributed by atoms with E-state index < -0.39 is 12.1 Å². The molecule has 0 bridgehead atoms. The van der Waals surface area contributed by atoms with E-state index in [2.05, 4.69) is 22.6 Å². The van der Waals surface area contributed by atoms with Crippen molar-refractivity contribution >= 4 is 34.7 Å². The highest BCUT2D eigenvalue weighted by molar-refractivity contribution is 14.1. The molecule has 1 amide bonds. The largest absolute Gasteiger partial charge is 0.464 e. The van der Waals surface area contributed by atoms with Crippen molar-refractivity contribution in [2.24, 2.45) is 17.8 Å². The summed E-state index contributed by atoms with van der Waals surface area (Å²) in [5, 5.41) is 0. The Morgan fingerprint density at radius 3 is 2.62 bits per heavy atom. The summed E-state index contributed by atoms with van der Waals surface area (Å²) in [5.74, 6) is 1.47. The molecule has 2 fully saturated rings. The molecule has 5 nitrogen and oxygen atoms in total. The van der Waals surface area contributed by atoms with Gasteiger partial charge in [-0.15, -0.1) is 0 Å². The van der Waals surface area contributed by atoms with Crippen molar-refractivity contribution in [2.75, 3.05) is 24.7 Å². The van der Waals surface area contributed by atoms with Crippen LogP contribution >= 0.6 is 22.6 Å². The Labute approximate surface area is 139 Å². The number of nitrogens with zero attached hydrogens (tertiary/aromatic N) is 1. The van der Waals surface area contributed by atoms with E-state index in [0.717, 1.165) is 12.3 Å². The van der Waals surface area contributed by atoms with Gasteiger partial charge in [0.1, 0.15) is 6.04 Å². The van der Waals surface area contributed by atoms with Crippen LogP contribution in [0.5, 0.6) is 0 Å². The van der Waals surface area contributed by atoms with Crippen molar-refractivity contribution in [3.63, 3.8) is 0 Å². The van der Waals surface area contributed by atoms with Gasteiger partial charge in [-0.05, 0) is 50.4 Å². The summed E-state index contributed by atoms with van der Waals surface area (Å²) in [6.07, 6.45) is 3.83. The second kappa shape index (κ2) is 7.65. The van der Waals surface area contributed by atoms with Crippen molar-refractivity contribution in [3.8, 4) is 0 Å². The summed E-state index contributed by atoms with van der Waals surface area (Å²) < 4.78 is 11.2. The maximum absolute atomic E-state index is 12.2. The van der Waals surface area contributed by atoms with Crippen molar-refractivity contribution in [1.29, 1.82) is 0 Å². The molecule has 1 aliphatic heterocycles. The Bertz CT molecular complexity index is 390. The van der Waals surface area contributed by atoms with Gasteiger partial charge >= 0.3 is 12.1 Å². The molecule has 0 radical (unpaired) electrons. The second-order valence-electron chi connectivity index (χ2n) is 5.98. The molecule has 0 aromatic carbocycles. The molecule has 0 unspecified atom stereocenters. The van der Waals surface area contributed by atoms with Crippen molar-refractivity contribution in [1.82, 2.24) is 4.90 Å². The molecule has 0 spiro atoms. The molecule has 1 heterocycles. The third kappa shape index (κ3) is 3.81. The van der Waals surface area contributed by atoms with Crippen LogP contribution in [0.3, 0.4) is 0 Å². The van der Waals surface area contributed by atoms with E-state index in [1.807, 2.05) is 0 Å². The lowest BCUT2D eigenvalue weighted by atomic mass is 9.69. The van der Waals surface area contributed by atoms with Crippen molar-refractivity contribution < 1.29 is 19.1 Å². The molecule has 21 heavy (non-hydrogen) atoms. The lowest BCUT2D eigenvalue weighted by molar-refractivity contribution is -0.152. The SMILES string of the molecule is CCOC(=O)[C@H]1C[C@@H]2C[C@@H](CI)CC[C@@H]2CN1C(=O)OC. The van der Waals surface area contributed by atoms with Crippen molar-refractivity contribution in [3.05, 3.63) is 0 Å². The number of amides is 1. The molecule has 4 atom stereocenters. The smallest absolute Gasteiger partial charge is 0.410 e. The quantitative estimate of drug-likeness (QED) is 0.409. The van der Waals surface area contributed by atoms with E-state index in [1.54, 1.807) is 11.8 Å². The average molecular weight is 409 g/mol. The van der Waals surface area contributed by atoms with Gasteiger partial charge in [0.05, 0.1) is 13.7 Å². The summed E-state index contributed by atoms with van der Waals surface area (Å²) in [7, 11) is 1.36. The Kier molecular flexibility index (Phi) is 6.13. The standard InChI is InChI=1S/C15H24INO4/c1-3-21-14(18)13-7-12-6-10(8-16)4-5-11(12)9-17(13)15(19)20-2/h10-13H,3-9H2,1-2H3/t10-,11+,12-,13+/m0/s1. The van der Waals surface area contributed by atoms with Gasteiger partial charge in [0.15, 0.2) is 0 Å². The van der Waals surface area contributed by atoms with Gasteiger partial charge in [0.2, 0.25) is 0 Å². The first kappa shape index (κ1) is 16.8. The van der Waals surface area contributed by atoms with E-state index in [0.29, 0.717) is 31.4 Å². The molecule has 6 heteroatoms. The first-order valence-corrected chi connectivity index (χ1v) is 9.20. The van der Waals surface area contributed by atoms with Crippen LogP contribution in [0, 0.1) is 17.8 Å². The zero-order valence-electron chi connectivity index (χ0n) is 12.7. The zero-order chi connectivity index (χ0) is 15.4. The normalized spacial score (nSPS) is 32.2. The van der Waals surface area contributed by atoms with Crippen LogP contribution in [0.25, 0.3) is 0 Å². The van der Waals surface area contributed by atoms with Crippen LogP contribution in [0.4, 0.5) is 4.79 Å². The highest BCUT2D eigenvalue weighted by Crippen LogP contribution is 2.41. The Balaban J connectivity index is 2.11. The topological polar surface area (TPSA) is 55.8 Å². The minimum atomic E-state index is -0.480. The van der Waals surface area contributed by atoms with Gasteiger partial charge in [-0.3, -0.25) is 4.90 Å². The third-order valence-electron chi connectivity index (χ3n) is 4.77. The van der Waals surface area contributed by atoms with Crippen LogP contribution in [0.15, 0.2) is 0 Å². The molecule has 1 saturated carbocycles. The van der Waals surface area contributed by atoms with E-state index in [9.17, 15) is 9.59 Å². The molecule has 0 aromatic heterocycles. The van der Waals surface area contributed by atoms with Crippen molar-refractivity contribution in [2.45, 2.75) is 38.6 Å². The summed E-state index contributed by atoms with van der Waals surface area (Å²) in [6, 6.07) is -0.480. The van der Waals surface area contributed by atoms with Crippen LogP contribution in [-0.2, 0) is 14.3 Å². The Morgan fingerprint density at radius 1 is 1.24 bits per heavy atom. The summed E-state index contributed by atoms with van der Waals surface area (Å²) in [5.41, 5.74) is 0. The molecule has 1 aliphatic carbocycles. The predicted octanol–water partition coefficient (Wildman–Crippen LogP) is 2.86. The predicted molar refractivity (Wildman–Crippen MR) is 87.4 cm³/mol. The summed E-state index contributed by atoms with van der Waals surface area (Å²) in [6.45, 7) is 2.75. The molecule has 2 rings (SSSR count). The minimum Gasteiger partial charge on any atom is -0.464 e. The molecule has 120 valence electrons. The number of fused-ring (bicyclic) bond motifs is 1. The van der Waals surface area contributed by atoms with Crippen LogP contribution in [0.2, 0.25) is 0 Å². The number of carbonyl (C=O) groups is 2. The molecule has 2 aliphatic rings. The first-order valence-electron chi connectivity index (χ1n) is 7.67.